The van der Waals surface area contributed by atoms with Crippen LogP contribution in [-0.2, 0) is 12.4 Å². The van der Waals surface area contributed by atoms with Gasteiger partial charge in [-0.05, 0) is 24.4 Å². The molecule has 0 aliphatic heterocycles. The van der Waals surface area contributed by atoms with E-state index in [-0.39, 0.29) is 12.1 Å². The van der Waals surface area contributed by atoms with Gasteiger partial charge in [-0.1, -0.05) is 0 Å². The average molecular weight is 287 g/mol. The number of nitrogens with zero attached hydrogens (tertiary/aromatic N) is 1. The van der Waals surface area contributed by atoms with Gasteiger partial charge in [0.15, 0.2) is 0 Å². The summed E-state index contributed by atoms with van der Waals surface area (Å²) in [5, 5.41) is 10.5. The molecular formula is C9H3F6NOS. The number of hydrogen-bond acceptors (Lipinski definition) is 3. The minimum atomic E-state index is -5.00. The van der Waals surface area contributed by atoms with Crippen LogP contribution in [0.3, 0.4) is 0 Å². The first-order valence-corrected chi connectivity index (χ1v) is 4.57. The van der Waals surface area contributed by atoms with Crippen LogP contribution in [-0.4, -0.2) is 10.3 Å². The summed E-state index contributed by atoms with van der Waals surface area (Å²) in [6, 6.07) is 0.0196. The Morgan fingerprint density at radius 2 is 1.50 bits per heavy atom. The van der Waals surface area contributed by atoms with Gasteiger partial charge in [-0.2, -0.15) is 31.3 Å². The van der Waals surface area contributed by atoms with Crippen LogP contribution in [0.2, 0.25) is 0 Å². The zero-order valence-electron chi connectivity index (χ0n) is 8.23. The molecule has 0 aliphatic carbocycles. The number of benzene rings is 1. The first-order chi connectivity index (χ1) is 8.07. The molecule has 18 heavy (non-hydrogen) atoms. The lowest BCUT2D eigenvalue weighted by atomic mass is 10.1. The van der Waals surface area contributed by atoms with Crippen molar-refractivity contribution >= 4 is 23.1 Å². The standard InChI is InChI=1S/C9H3F6NOS/c10-8(11,12)4-2-7(17)5(9(13,14)15)1-6(4)16-3-18/h1-2,17H. The number of hydrogen-bond donors (Lipinski definition) is 1. The monoisotopic (exact) mass is 287 g/mol. The lowest BCUT2D eigenvalue weighted by molar-refractivity contribution is -0.142. The third-order valence-electron chi connectivity index (χ3n) is 1.89. The molecular weight excluding hydrogens is 284 g/mol. The Labute approximate surface area is 102 Å². The lowest BCUT2D eigenvalue weighted by Crippen LogP contribution is -2.09. The summed E-state index contributed by atoms with van der Waals surface area (Å²) in [6.07, 6.45) is -9.97. The van der Waals surface area contributed by atoms with Crippen molar-refractivity contribution in [2.45, 2.75) is 12.4 Å². The molecule has 1 aromatic rings. The molecule has 0 saturated heterocycles. The molecule has 0 heterocycles. The second kappa shape index (κ2) is 4.58. The van der Waals surface area contributed by atoms with E-state index in [2.05, 4.69) is 17.2 Å². The Bertz CT molecular complexity index is 515. The number of aromatic hydroxyl groups is 1. The molecule has 98 valence electrons. The van der Waals surface area contributed by atoms with E-state index >= 15 is 0 Å². The zero-order chi connectivity index (χ0) is 14.1. The molecule has 0 aromatic heterocycles. The fraction of sp³-hybridized carbons (Fsp3) is 0.222. The molecule has 0 atom stereocenters. The molecule has 0 bridgehead atoms. The molecule has 0 fully saturated rings. The molecule has 0 aliphatic rings. The third-order valence-corrected chi connectivity index (χ3v) is 1.98. The molecule has 0 spiro atoms. The van der Waals surface area contributed by atoms with Crippen LogP contribution in [0.4, 0.5) is 32.0 Å². The van der Waals surface area contributed by atoms with E-state index in [0.717, 1.165) is 0 Å². The van der Waals surface area contributed by atoms with Gasteiger partial charge in [0.25, 0.3) is 0 Å². The van der Waals surface area contributed by atoms with Gasteiger partial charge in [-0.25, -0.2) is 0 Å². The Balaban J connectivity index is 3.59. The smallest absolute Gasteiger partial charge is 0.420 e. The van der Waals surface area contributed by atoms with Crippen LogP contribution in [0, 0.1) is 0 Å². The number of phenolic OH excluding ortho intramolecular Hbond substituents is 1. The fourth-order valence-electron chi connectivity index (χ4n) is 1.17. The summed E-state index contributed by atoms with van der Waals surface area (Å²) in [4.78, 5) is 2.92. The Morgan fingerprint density at radius 3 is 1.89 bits per heavy atom. The summed E-state index contributed by atoms with van der Waals surface area (Å²) < 4.78 is 74.5. The van der Waals surface area contributed by atoms with Crippen LogP contribution in [0.15, 0.2) is 17.1 Å². The molecule has 0 radical (unpaired) electrons. The Kier molecular flexibility index (Phi) is 3.68. The fourth-order valence-corrected chi connectivity index (χ4v) is 1.27. The van der Waals surface area contributed by atoms with Gasteiger partial charge < -0.3 is 5.11 Å². The Morgan fingerprint density at radius 1 is 1.00 bits per heavy atom. The number of halogens is 6. The van der Waals surface area contributed by atoms with E-state index in [1.807, 2.05) is 0 Å². The van der Waals surface area contributed by atoms with Crippen LogP contribution >= 0.6 is 12.2 Å². The van der Waals surface area contributed by atoms with Gasteiger partial charge in [0.05, 0.1) is 22.0 Å². The van der Waals surface area contributed by atoms with Crippen molar-refractivity contribution in [2.75, 3.05) is 0 Å². The molecule has 1 rings (SSSR count). The summed E-state index contributed by atoms with van der Waals surface area (Å²) in [5.41, 5.74) is -4.20. The van der Waals surface area contributed by atoms with E-state index in [1.54, 1.807) is 5.16 Å². The molecule has 1 aromatic carbocycles. The minimum Gasteiger partial charge on any atom is -0.507 e. The summed E-state index contributed by atoms with van der Waals surface area (Å²) in [7, 11) is 0. The average Bonchev–Trinajstić information content (AvgIpc) is 2.17. The number of thiocarbonyl (C=S) groups is 1. The maximum absolute atomic E-state index is 12.5. The van der Waals surface area contributed by atoms with Gasteiger partial charge in [0.1, 0.15) is 5.75 Å². The highest BCUT2D eigenvalue weighted by Crippen LogP contribution is 2.44. The highest BCUT2D eigenvalue weighted by molar-refractivity contribution is 7.78. The topological polar surface area (TPSA) is 32.6 Å². The van der Waals surface area contributed by atoms with E-state index in [0.29, 0.717) is 0 Å². The van der Waals surface area contributed by atoms with E-state index in [1.165, 1.54) is 0 Å². The Hall–Kier alpha value is -1.60. The second-order valence-corrected chi connectivity index (χ2v) is 3.27. The molecule has 1 N–H and O–H groups in total. The van der Waals surface area contributed by atoms with Crippen LogP contribution in [0.1, 0.15) is 11.1 Å². The minimum absolute atomic E-state index is 0.0473. The number of phenols is 1. The lowest BCUT2D eigenvalue weighted by Gasteiger charge is -2.14. The van der Waals surface area contributed by atoms with Crippen LogP contribution < -0.4 is 0 Å². The second-order valence-electron chi connectivity index (χ2n) is 3.09. The normalized spacial score (nSPS) is 12.1. The van der Waals surface area contributed by atoms with Crippen LogP contribution in [0.5, 0.6) is 5.75 Å². The molecule has 0 saturated carbocycles. The maximum atomic E-state index is 12.5. The maximum Gasteiger partial charge on any atom is 0.420 e. The summed E-state index contributed by atoms with van der Waals surface area (Å²) >= 11 is 4.06. The summed E-state index contributed by atoms with van der Waals surface area (Å²) in [6.45, 7) is 0. The van der Waals surface area contributed by atoms with Gasteiger partial charge in [-0.15, -0.1) is 0 Å². The SMILES string of the molecule is Oc1cc(C(F)(F)F)c(N=C=S)cc1C(F)(F)F. The van der Waals surface area contributed by atoms with Gasteiger partial charge >= 0.3 is 12.4 Å². The number of isothiocyanates is 1. The number of alkyl halides is 6. The molecule has 0 unspecified atom stereocenters. The van der Waals surface area contributed by atoms with Crippen LogP contribution in [0.25, 0.3) is 0 Å². The largest absolute Gasteiger partial charge is 0.507 e. The first-order valence-electron chi connectivity index (χ1n) is 4.16. The number of aliphatic imine (C=N–C) groups is 1. The van der Waals surface area contributed by atoms with Crippen molar-refractivity contribution < 1.29 is 31.4 Å². The summed E-state index contributed by atoms with van der Waals surface area (Å²) in [5.74, 6) is -1.53. The zero-order valence-corrected chi connectivity index (χ0v) is 9.04. The van der Waals surface area contributed by atoms with Gasteiger partial charge in [0.2, 0.25) is 0 Å². The highest BCUT2D eigenvalue weighted by atomic mass is 32.1. The van der Waals surface area contributed by atoms with Crippen molar-refractivity contribution in [3.8, 4) is 5.75 Å². The van der Waals surface area contributed by atoms with Crippen molar-refractivity contribution in [3.63, 3.8) is 0 Å². The molecule has 9 heteroatoms. The van der Waals surface area contributed by atoms with Crippen molar-refractivity contribution in [1.29, 1.82) is 0 Å². The van der Waals surface area contributed by atoms with Gasteiger partial charge in [0, 0.05) is 0 Å². The highest BCUT2D eigenvalue weighted by Gasteiger charge is 2.39. The van der Waals surface area contributed by atoms with E-state index in [4.69, 9.17) is 5.11 Å². The van der Waals surface area contributed by atoms with E-state index < -0.39 is 34.9 Å². The third kappa shape index (κ3) is 2.99. The molecule has 0 amide bonds. The quantitative estimate of drug-likeness (QED) is 0.478. The van der Waals surface area contributed by atoms with Crippen molar-refractivity contribution in [3.05, 3.63) is 23.3 Å². The number of rotatable bonds is 1. The van der Waals surface area contributed by atoms with Gasteiger partial charge in [-0.3, -0.25) is 0 Å². The van der Waals surface area contributed by atoms with Crippen molar-refractivity contribution in [2.24, 2.45) is 4.99 Å². The predicted octanol–water partition coefficient (Wildman–Crippen LogP) is 4.16. The van der Waals surface area contributed by atoms with E-state index in [9.17, 15) is 26.3 Å². The molecule has 2 nitrogen and oxygen atoms in total. The van der Waals surface area contributed by atoms with Crippen molar-refractivity contribution in [1.82, 2.24) is 0 Å². The first kappa shape index (κ1) is 14.5. The predicted molar refractivity (Wildman–Crippen MR) is 52.8 cm³/mol.